The summed E-state index contributed by atoms with van der Waals surface area (Å²) in [6.45, 7) is 5.84. The lowest BCUT2D eigenvalue weighted by Crippen LogP contribution is -2.16. The summed E-state index contributed by atoms with van der Waals surface area (Å²) in [6, 6.07) is 13.2. The fraction of sp³-hybridized carbons (Fsp3) is 0.381. The maximum absolute atomic E-state index is 5.72. The molecule has 3 aromatic rings. The van der Waals surface area contributed by atoms with E-state index in [9.17, 15) is 0 Å². The van der Waals surface area contributed by atoms with Gasteiger partial charge in [-0.15, -0.1) is 0 Å². The van der Waals surface area contributed by atoms with Crippen molar-refractivity contribution < 1.29 is 0 Å². The number of aryl methyl sites for hydroxylation is 2. The molecule has 3 heteroatoms. The molecule has 4 rings (SSSR count). The second kappa shape index (κ2) is 6.06. The van der Waals surface area contributed by atoms with E-state index >= 15 is 0 Å². The van der Waals surface area contributed by atoms with Gasteiger partial charge in [0.05, 0.1) is 11.0 Å². The van der Waals surface area contributed by atoms with Gasteiger partial charge in [-0.1, -0.05) is 30.7 Å². The molecule has 0 aliphatic heterocycles. The number of nitrogens with zero attached hydrogens (tertiary/aromatic N) is 2. The molecule has 2 N–H and O–H groups in total. The van der Waals surface area contributed by atoms with Gasteiger partial charge in [-0.2, -0.15) is 0 Å². The quantitative estimate of drug-likeness (QED) is 0.773. The highest BCUT2D eigenvalue weighted by Gasteiger charge is 2.26. The minimum Gasteiger partial charge on any atom is -0.326 e. The van der Waals surface area contributed by atoms with Crippen LogP contribution in [0.5, 0.6) is 0 Å². The van der Waals surface area contributed by atoms with Crippen molar-refractivity contribution in [3.05, 3.63) is 64.5 Å². The third kappa shape index (κ3) is 2.63. The maximum Gasteiger partial charge on any atom is 0.113 e. The molecule has 1 saturated carbocycles. The normalized spacial score (nSPS) is 15.0. The van der Waals surface area contributed by atoms with Crippen molar-refractivity contribution in [1.29, 1.82) is 0 Å². The molecule has 0 unspecified atom stereocenters. The van der Waals surface area contributed by atoms with E-state index in [0.29, 0.717) is 12.5 Å². The Bertz CT molecular complexity index is 870. The Hall–Kier alpha value is -2.13. The summed E-state index contributed by atoms with van der Waals surface area (Å²) in [5, 5.41) is 0. The van der Waals surface area contributed by atoms with Gasteiger partial charge in [0, 0.05) is 19.0 Å². The average molecular weight is 319 g/mol. The molecule has 0 radical (unpaired) electrons. The number of hydrogen-bond donors (Lipinski definition) is 1. The zero-order chi connectivity index (χ0) is 16.7. The zero-order valence-electron chi connectivity index (χ0n) is 14.5. The van der Waals surface area contributed by atoms with E-state index in [1.807, 2.05) is 0 Å². The van der Waals surface area contributed by atoms with Crippen molar-refractivity contribution in [3.8, 4) is 0 Å². The highest BCUT2D eigenvalue weighted by atomic mass is 15.1. The van der Waals surface area contributed by atoms with E-state index in [1.54, 1.807) is 0 Å². The van der Waals surface area contributed by atoms with E-state index in [2.05, 4.69) is 54.8 Å². The second-order valence-corrected chi connectivity index (χ2v) is 7.13. The summed E-state index contributed by atoms with van der Waals surface area (Å²) in [5.41, 5.74) is 13.3. The molecule has 0 amide bonds. The molecule has 0 spiro atoms. The Morgan fingerprint density at radius 3 is 2.33 bits per heavy atom. The Morgan fingerprint density at radius 2 is 1.71 bits per heavy atom. The first-order chi connectivity index (χ1) is 11.7. The average Bonchev–Trinajstić information content (AvgIpc) is 2.85. The van der Waals surface area contributed by atoms with Crippen molar-refractivity contribution >= 4 is 11.0 Å². The van der Waals surface area contributed by atoms with Gasteiger partial charge in [0.25, 0.3) is 0 Å². The first kappa shape index (κ1) is 15.4. The van der Waals surface area contributed by atoms with Crippen LogP contribution in [0.15, 0.2) is 36.4 Å². The standard InChI is InChI=1S/C21H25N3/c1-14-10-19-20(11-15(14)2)24(21(23-19)18-4-3-5-18)13-17-8-6-16(12-22)7-9-17/h6-11,18H,3-5,12-13,22H2,1-2H3. The Labute approximate surface area is 143 Å². The van der Waals surface area contributed by atoms with E-state index in [-0.39, 0.29) is 0 Å². The Balaban J connectivity index is 1.79. The van der Waals surface area contributed by atoms with Crippen LogP contribution in [0.25, 0.3) is 11.0 Å². The number of rotatable bonds is 4. The van der Waals surface area contributed by atoms with Crippen LogP contribution in [-0.4, -0.2) is 9.55 Å². The summed E-state index contributed by atoms with van der Waals surface area (Å²) in [6.07, 6.45) is 3.87. The molecule has 1 heterocycles. The summed E-state index contributed by atoms with van der Waals surface area (Å²) >= 11 is 0. The maximum atomic E-state index is 5.72. The van der Waals surface area contributed by atoms with E-state index in [0.717, 1.165) is 12.1 Å². The molecule has 0 saturated heterocycles. The lowest BCUT2D eigenvalue weighted by Gasteiger charge is -2.25. The molecule has 1 aromatic heterocycles. The number of aromatic nitrogens is 2. The van der Waals surface area contributed by atoms with Crippen LogP contribution >= 0.6 is 0 Å². The van der Waals surface area contributed by atoms with Crippen LogP contribution in [0, 0.1) is 13.8 Å². The van der Waals surface area contributed by atoms with Gasteiger partial charge in [0.15, 0.2) is 0 Å². The fourth-order valence-corrected chi connectivity index (χ4v) is 3.51. The minimum absolute atomic E-state index is 0.597. The van der Waals surface area contributed by atoms with Gasteiger partial charge in [-0.05, 0) is 61.1 Å². The van der Waals surface area contributed by atoms with E-state index < -0.39 is 0 Å². The highest BCUT2D eigenvalue weighted by molar-refractivity contribution is 5.78. The minimum atomic E-state index is 0.597. The molecule has 3 nitrogen and oxygen atoms in total. The third-order valence-electron chi connectivity index (χ3n) is 5.46. The lowest BCUT2D eigenvalue weighted by molar-refractivity contribution is 0.392. The molecule has 0 atom stereocenters. The molecule has 2 aromatic carbocycles. The van der Waals surface area contributed by atoms with Crippen molar-refractivity contribution in [2.45, 2.75) is 52.1 Å². The first-order valence-electron chi connectivity index (χ1n) is 8.91. The molecule has 1 fully saturated rings. The van der Waals surface area contributed by atoms with Gasteiger partial charge in [0.1, 0.15) is 5.82 Å². The zero-order valence-corrected chi connectivity index (χ0v) is 14.5. The van der Waals surface area contributed by atoms with Crippen LogP contribution in [0.1, 0.15) is 53.3 Å². The summed E-state index contributed by atoms with van der Waals surface area (Å²) in [4.78, 5) is 5.01. The molecular formula is C21H25N3. The highest BCUT2D eigenvalue weighted by Crippen LogP contribution is 2.38. The monoisotopic (exact) mass is 319 g/mol. The first-order valence-corrected chi connectivity index (χ1v) is 8.91. The summed E-state index contributed by atoms with van der Waals surface area (Å²) < 4.78 is 2.43. The van der Waals surface area contributed by atoms with Crippen molar-refractivity contribution in [2.75, 3.05) is 0 Å². The topological polar surface area (TPSA) is 43.8 Å². The predicted molar refractivity (Wildman–Crippen MR) is 99.2 cm³/mol. The number of fused-ring (bicyclic) bond motifs is 1. The smallest absolute Gasteiger partial charge is 0.113 e. The number of nitrogens with two attached hydrogens (primary N) is 1. The van der Waals surface area contributed by atoms with Gasteiger partial charge in [-0.25, -0.2) is 4.98 Å². The van der Waals surface area contributed by atoms with Gasteiger partial charge in [-0.3, -0.25) is 0 Å². The van der Waals surface area contributed by atoms with Crippen molar-refractivity contribution in [1.82, 2.24) is 9.55 Å². The van der Waals surface area contributed by atoms with Gasteiger partial charge in [0.2, 0.25) is 0 Å². The summed E-state index contributed by atoms with van der Waals surface area (Å²) in [5.74, 6) is 1.89. The van der Waals surface area contributed by atoms with Crippen LogP contribution in [-0.2, 0) is 13.1 Å². The number of benzene rings is 2. The van der Waals surface area contributed by atoms with Crippen LogP contribution in [0.4, 0.5) is 0 Å². The fourth-order valence-electron chi connectivity index (χ4n) is 3.51. The SMILES string of the molecule is Cc1cc2nc(C3CCC3)n(Cc3ccc(CN)cc3)c2cc1C. The Morgan fingerprint density at radius 1 is 1.04 bits per heavy atom. The number of imidazole rings is 1. The molecule has 1 aliphatic carbocycles. The van der Waals surface area contributed by atoms with Gasteiger partial charge >= 0.3 is 0 Å². The van der Waals surface area contributed by atoms with Gasteiger partial charge < -0.3 is 10.3 Å². The van der Waals surface area contributed by atoms with Crippen LogP contribution < -0.4 is 5.73 Å². The predicted octanol–water partition coefficient (Wildman–Crippen LogP) is 4.43. The Kier molecular flexibility index (Phi) is 3.89. The lowest BCUT2D eigenvalue weighted by atomic mass is 9.85. The molecule has 1 aliphatic rings. The molecular weight excluding hydrogens is 294 g/mol. The van der Waals surface area contributed by atoms with Crippen LogP contribution in [0.2, 0.25) is 0 Å². The van der Waals surface area contributed by atoms with Crippen LogP contribution in [0.3, 0.4) is 0 Å². The molecule has 24 heavy (non-hydrogen) atoms. The third-order valence-corrected chi connectivity index (χ3v) is 5.46. The molecule has 124 valence electrons. The van der Waals surface area contributed by atoms with E-state index in [4.69, 9.17) is 10.7 Å². The van der Waals surface area contributed by atoms with Crippen molar-refractivity contribution in [2.24, 2.45) is 5.73 Å². The number of hydrogen-bond acceptors (Lipinski definition) is 2. The second-order valence-electron chi connectivity index (χ2n) is 7.13. The molecule has 0 bridgehead atoms. The van der Waals surface area contributed by atoms with E-state index in [1.165, 1.54) is 52.9 Å². The largest absolute Gasteiger partial charge is 0.326 e. The van der Waals surface area contributed by atoms with Crippen molar-refractivity contribution in [3.63, 3.8) is 0 Å². The summed E-state index contributed by atoms with van der Waals surface area (Å²) in [7, 11) is 0.